The molecule has 0 aromatic heterocycles. The SMILES string of the molecule is CC(C)(C)OC(=O)NCC(CN)c1ccc(F)c([N+](=O)[O-])c1. The zero-order valence-electron chi connectivity index (χ0n) is 12.8. The van der Waals surface area contributed by atoms with Crippen LogP contribution in [0.2, 0.25) is 0 Å². The van der Waals surface area contributed by atoms with Crippen LogP contribution in [-0.4, -0.2) is 29.7 Å². The van der Waals surface area contributed by atoms with Crippen LogP contribution >= 0.6 is 0 Å². The van der Waals surface area contributed by atoms with Crippen LogP contribution in [0.15, 0.2) is 18.2 Å². The van der Waals surface area contributed by atoms with Gasteiger partial charge < -0.3 is 15.8 Å². The van der Waals surface area contributed by atoms with Gasteiger partial charge in [0.05, 0.1) is 4.92 Å². The normalized spacial score (nSPS) is 12.6. The highest BCUT2D eigenvalue weighted by Crippen LogP contribution is 2.23. The van der Waals surface area contributed by atoms with E-state index in [0.29, 0.717) is 5.56 Å². The Labute approximate surface area is 127 Å². The smallest absolute Gasteiger partial charge is 0.407 e. The highest BCUT2D eigenvalue weighted by atomic mass is 19.1. The fourth-order valence-electron chi connectivity index (χ4n) is 1.78. The van der Waals surface area contributed by atoms with Crippen molar-refractivity contribution in [3.8, 4) is 0 Å². The average Bonchev–Trinajstić information content (AvgIpc) is 2.38. The lowest BCUT2D eigenvalue weighted by Crippen LogP contribution is -2.36. The van der Waals surface area contributed by atoms with Crippen molar-refractivity contribution in [3.05, 3.63) is 39.7 Å². The molecule has 1 rings (SSSR count). The van der Waals surface area contributed by atoms with Crippen molar-refractivity contribution >= 4 is 11.8 Å². The topological polar surface area (TPSA) is 107 Å². The number of nitrogens with two attached hydrogens (primary N) is 1. The summed E-state index contributed by atoms with van der Waals surface area (Å²) in [5.41, 5.74) is 4.86. The van der Waals surface area contributed by atoms with Crippen LogP contribution in [0.4, 0.5) is 14.9 Å². The van der Waals surface area contributed by atoms with Crippen molar-refractivity contribution in [2.75, 3.05) is 13.1 Å². The van der Waals surface area contributed by atoms with Gasteiger partial charge in [-0.1, -0.05) is 6.07 Å². The van der Waals surface area contributed by atoms with E-state index in [9.17, 15) is 19.3 Å². The Morgan fingerprint density at radius 1 is 1.50 bits per heavy atom. The maximum atomic E-state index is 13.3. The fourth-order valence-corrected chi connectivity index (χ4v) is 1.78. The minimum absolute atomic E-state index is 0.133. The van der Waals surface area contributed by atoms with Gasteiger partial charge in [0.1, 0.15) is 5.60 Å². The molecule has 122 valence electrons. The molecule has 7 nitrogen and oxygen atoms in total. The molecule has 0 aliphatic rings. The second-order valence-electron chi connectivity index (χ2n) is 5.78. The van der Waals surface area contributed by atoms with E-state index in [4.69, 9.17) is 10.5 Å². The third kappa shape index (κ3) is 5.28. The van der Waals surface area contributed by atoms with E-state index in [2.05, 4.69) is 5.32 Å². The van der Waals surface area contributed by atoms with E-state index in [1.165, 1.54) is 6.07 Å². The van der Waals surface area contributed by atoms with E-state index in [-0.39, 0.29) is 19.0 Å². The number of nitro groups is 1. The van der Waals surface area contributed by atoms with E-state index < -0.39 is 28.1 Å². The minimum Gasteiger partial charge on any atom is -0.444 e. The second-order valence-corrected chi connectivity index (χ2v) is 5.78. The average molecular weight is 313 g/mol. The van der Waals surface area contributed by atoms with Crippen LogP contribution in [0.25, 0.3) is 0 Å². The molecule has 3 N–H and O–H groups in total. The monoisotopic (exact) mass is 313 g/mol. The first kappa shape index (κ1) is 17.8. The summed E-state index contributed by atoms with van der Waals surface area (Å²) in [5.74, 6) is -1.29. The van der Waals surface area contributed by atoms with Gasteiger partial charge in [-0.25, -0.2) is 4.79 Å². The Hall–Kier alpha value is -2.22. The molecule has 22 heavy (non-hydrogen) atoms. The summed E-state index contributed by atoms with van der Waals surface area (Å²) in [6.45, 7) is 5.47. The summed E-state index contributed by atoms with van der Waals surface area (Å²) in [6.07, 6.45) is -0.609. The first-order chi connectivity index (χ1) is 10.1. The molecule has 0 radical (unpaired) electrons. The molecule has 0 spiro atoms. The number of carbonyl (C=O) groups is 1. The lowest BCUT2D eigenvalue weighted by atomic mass is 9.98. The third-order valence-electron chi connectivity index (χ3n) is 2.81. The Bertz CT molecular complexity index is 558. The van der Waals surface area contributed by atoms with Gasteiger partial charge in [0, 0.05) is 25.1 Å². The minimum atomic E-state index is -0.912. The lowest BCUT2D eigenvalue weighted by Gasteiger charge is -2.21. The Morgan fingerprint density at radius 2 is 2.14 bits per heavy atom. The third-order valence-corrected chi connectivity index (χ3v) is 2.81. The molecule has 1 amide bonds. The summed E-state index contributed by atoms with van der Waals surface area (Å²) in [6, 6.07) is 3.56. The molecule has 0 saturated heterocycles. The predicted molar refractivity (Wildman–Crippen MR) is 79.1 cm³/mol. The summed E-state index contributed by atoms with van der Waals surface area (Å²) in [4.78, 5) is 21.6. The molecule has 1 aromatic rings. The molecule has 0 saturated carbocycles. The maximum Gasteiger partial charge on any atom is 0.407 e. The number of halogens is 1. The number of hydrogen-bond donors (Lipinski definition) is 2. The Morgan fingerprint density at radius 3 is 2.64 bits per heavy atom. The predicted octanol–water partition coefficient (Wildman–Crippen LogP) is 2.30. The number of ether oxygens (including phenoxy) is 1. The molecule has 0 aliphatic carbocycles. The van der Waals surface area contributed by atoms with Gasteiger partial charge in [0.15, 0.2) is 0 Å². The first-order valence-corrected chi connectivity index (χ1v) is 6.75. The number of hydrogen-bond acceptors (Lipinski definition) is 5. The molecule has 0 fully saturated rings. The number of amides is 1. The van der Waals surface area contributed by atoms with Crippen molar-refractivity contribution in [2.45, 2.75) is 32.3 Å². The van der Waals surface area contributed by atoms with Crippen LogP contribution in [0.1, 0.15) is 32.3 Å². The van der Waals surface area contributed by atoms with Crippen LogP contribution in [0.5, 0.6) is 0 Å². The van der Waals surface area contributed by atoms with E-state index in [1.807, 2.05) is 0 Å². The number of rotatable bonds is 5. The molecular weight excluding hydrogens is 293 g/mol. The summed E-state index contributed by atoms with van der Waals surface area (Å²) >= 11 is 0. The van der Waals surface area contributed by atoms with Gasteiger partial charge in [-0.3, -0.25) is 10.1 Å². The quantitative estimate of drug-likeness (QED) is 0.640. The second kappa shape index (κ2) is 7.17. The molecule has 0 aliphatic heterocycles. The van der Waals surface area contributed by atoms with E-state index >= 15 is 0 Å². The van der Waals surface area contributed by atoms with Gasteiger partial charge in [0.25, 0.3) is 0 Å². The van der Waals surface area contributed by atoms with Crippen molar-refractivity contribution in [1.82, 2.24) is 5.32 Å². The van der Waals surface area contributed by atoms with Gasteiger partial charge in [-0.2, -0.15) is 4.39 Å². The Balaban J connectivity index is 2.78. The van der Waals surface area contributed by atoms with Crippen molar-refractivity contribution in [3.63, 3.8) is 0 Å². The molecular formula is C14H20FN3O4. The van der Waals surface area contributed by atoms with Crippen LogP contribution < -0.4 is 11.1 Å². The highest BCUT2D eigenvalue weighted by molar-refractivity contribution is 5.67. The zero-order chi connectivity index (χ0) is 16.9. The van der Waals surface area contributed by atoms with Crippen LogP contribution in [0.3, 0.4) is 0 Å². The molecule has 0 heterocycles. The van der Waals surface area contributed by atoms with Gasteiger partial charge in [0.2, 0.25) is 5.82 Å². The number of alkyl carbamates (subject to hydrolysis) is 1. The first-order valence-electron chi connectivity index (χ1n) is 6.75. The van der Waals surface area contributed by atoms with Gasteiger partial charge in [-0.15, -0.1) is 0 Å². The van der Waals surface area contributed by atoms with Crippen LogP contribution in [0, 0.1) is 15.9 Å². The standard InChI is InChI=1S/C14H20FN3O4/c1-14(2,3)22-13(19)17-8-10(7-16)9-4-5-11(15)12(6-9)18(20)21/h4-6,10H,7-8,16H2,1-3H3,(H,17,19). The maximum absolute atomic E-state index is 13.3. The molecule has 8 heteroatoms. The summed E-state index contributed by atoms with van der Waals surface area (Å²) in [7, 11) is 0. The Kier molecular flexibility index (Phi) is 5.81. The number of benzene rings is 1. The largest absolute Gasteiger partial charge is 0.444 e. The summed E-state index contributed by atoms with van der Waals surface area (Å²) in [5, 5.41) is 13.3. The molecule has 1 unspecified atom stereocenters. The zero-order valence-corrected chi connectivity index (χ0v) is 12.8. The van der Waals surface area contributed by atoms with Crippen LogP contribution in [-0.2, 0) is 4.74 Å². The number of carbonyl (C=O) groups excluding carboxylic acids is 1. The van der Waals surface area contributed by atoms with Crippen molar-refractivity contribution < 1.29 is 18.8 Å². The lowest BCUT2D eigenvalue weighted by molar-refractivity contribution is -0.387. The fraction of sp³-hybridized carbons (Fsp3) is 0.500. The van der Waals surface area contributed by atoms with E-state index in [1.54, 1.807) is 20.8 Å². The van der Waals surface area contributed by atoms with Crippen molar-refractivity contribution in [1.29, 1.82) is 0 Å². The number of nitrogens with one attached hydrogen (secondary N) is 1. The van der Waals surface area contributed by atoms with E-state index in [0.717, 1.165) is 12.1 Å². The number of nitro benzene ring substituents is 1. The van der Waals surface area contributed by atoms with Gasteiger partial charge in [-0.05, 0) is 32.4 Å². The molecule has 1 aromatic carbocycles. The summed E-state index contributed by atoms with van der Waals surface area (Å²) < 4.78 is 18.4. The number of nitrogens with zero attached hydrogens (tertiary/aromatic N) is 1. The molecule has 1 atom stereocenters. The van der Waals surface area contributed by atoms with Gasteiger partial charge >= 0.3 is 11.8 Å². The molecule has 0 bridgehead atoms. The highest BCUT2D eigenvalue weighted by Gasteiger charge is 2.20. The van der Waals surface area contributed by atoms with Crippen molar-refractivity contribution in [2.24, 2.45) is 5.73 Å².